The SMILES string of the molecule is O=C(O)C=CC(=O)NO. The van der Waals surface area contributed by atoms with Gasteiger partial charge in [-0.05, 0) is 0 Å². The quantitative estimate of drug-likeness (QED) is 0.258. The number of carboxylic acid groups (broad SMARTS) is 1. The predicted octanol–water partition coefficient (Wildman–Crippen LogP) is -0.867. The van der Waals surface area contributed by atoms with Gasteiger partial charge in [-0.3, -0.25) is 10.0 Å². The molecule has 0 saturated heterocycles. The second-order valence-corrected chi connectivity index (χ2v) is 1.15. The lowest BCUT2D eigenvalue weighted by Crippen LogP contribution is -2.15. The normalized spacial score (nSPS) is 9.44. The molecule has 0 unspecified atom stereocenters. The maximum Gasteiger partial charge on any atom is 0.328 e. The molecule has 9 heavy (non-hydrogen) atoms. The van der Waals surface area contributed by atoms with E-state index in [9.17, 15) is 9.59 Å². The molecule has 0 aromatic heterocycles. The van der Waals surface area contributed by atoms with E-state index in [2.05, 4.69) is 0 Å². The van der Waals surface area contributed by atoms with Crippen molar-refractivity contribution in [3.8, 4) is 0 Å². The number of rotatable bonds is 2. The molecule has 0 spiro atoms. The summed E-state index contributed by atoms with van der Waals surface area (Å²) in [6.07, 6.45) is 1.31. The van der Waals surface area contributed by atoms with E-state index in [4.69, 9.17) is 10.3 Å². The summed E-state index contributed by atoms with van der Waals surface area (Å²) in [7, 11) is 0. The molecule has 5 nitrogen and oxygen atoms in total. The average molecular weight is 131 g/mol. The molecule has 1 amide bonds. The Hall–Kier alpha value is -1.36. The van der Waals surface area contributed by atoms with Gasteiger partial charge >= 0.3 is 5.97 Å². The molecule has 0 aliphatic heterocycles. The molecule has 0 aromatic carbocycles. The first-order valence-corrected chi connectivity index (χ1v) is 2.02. The van der Waals surface area contributed by atoms with E-state index in [1.54, 1.807) is 0 Å². The Morgan fingerprint density at radius 3 is 2.22 bits per heavy atom. The molecule has 0 aromatic rings. The van der Waals surface area contributed by atoms with Crippen LogP contribution in [0.3, 0.4) is 0 Å². The standard InChI is InChI=1S/C4H5NO4/c6-3(5-9)1-2-4(7)8/h1-2,9H,(H,5,6)(H,7,8). The van der Waals surface area contributed by atoms with Gasteiger partial charge in [0.2, 0.25) is 0 Å². The van der Waals surface area contributed by atoms with Crippen LogP contribution in [0.25, 0.3) is 0 Å². The van der Waals surface area contributed by atoms with E-state index in [-0.39, 0.29) is 0 Å². The van der Waals surface area contributed by atoms with Gasteiger partial charge in [0.15, 0.2) is 0 Å². The summed E-state index contributed by atoms with van der Waals surface area (Å²) in [5.41, 5.74) is 1.23. The van der Waals surface area contributed by atoms with E-state index in [1.807, 2.05) is 0 Å². The molecule has 0 aliphatic carbocycles. The number of carboxylic acids is 1. The van der Waals surface area contributed by atoms with Crippen molar-refractivity contribution in [3.63, 3.8) is 0 Å². The van der Waals surface area contributed by atoms with Crippen molar-refractivity contribution in [1.29, 1.82) is 0 Å². The van der Waals surface area contributed by atoms with Crippen molar-refractivity contribution >= 4 is 11.9 Å². The van der Waals surface area contributed by atoms with Gasteiger partial charge in [-0.2, -0.15) is 0 Å². The summed E-state index contributed by atoms with van der Waals surface area (Å²) < 4.78 is 0. The Morgan fingerprint density at radius 2 is 1.89 bits per heavy atom. The zero-order chi connectivity index (χ0) is 7.28. The lowest BCUT2D eigenvalue weighted by molar-refractivity contribution is -0.132. The molecule has 0 atom stereocenters. The molecule has 5 heteroatoms. The lowest BCUT2D eigenvalue weighted by Gasteiger charge is -1.84. The number of nitrogens with one attached hydrogen (secondary N) is 1. The fourth-order valence-electron chi connectivity index (χ4n) is 0.184. The van der Waals surface area contributed by atoms with Gasteiger partial charge in [0, 0.05) is 12.2 Å². The van der Waals surface area contributed by atoms with E-state index in [1.165, 1.54) is 5.48 Å². The molecule has 0 heterocycles. The zero-order valence-electron chi connectivity index (χ0n) is 4.37. The third-order valence-corrected chi connectivity index (χ3v) is 0.487. The molecule has 3 N–H and O–H groups in total. The highest BCUT2D eigenvalue weighted by molar-refractivity contribution is 5.93. The number of carbonyl (C=O) groups is 2. The summed E-state index contributed by atoms with van der Waals surface area (Å²) in [5.74, 6) is -2.10. The van der Waals surface area contributed by atoms with Crippen molar-refractivity contribution in [2.24, 2.45) is 0 Å². The van der Waals surface area contributed by atoms with Crippen LogP contribution in [0.15, 0.2) is 12.2 Å². The predicted molar refractivity (Wildman–Crippen MR) is 26.7 cm³/mol. The monoisotopic (exact) mass is 131 g/mol. The molecular weight excluding hydrogens is 126 g/mol. The van der Waals surface area contributed by atoms with Crippen LogP contribution < -0.4 is 5.48 Å². The average Bonchev–Trinajstić information content (AvgIpc) is 1.83. The van der Waals surface area contributed by atoms with Crippen molar-refractivity contribution in [2.45, 2.75) is 0 Å². The Kier molecular flexibility index (Phi) is 3.07. The maximum absolute atomic E-state index is 10.0. The van der Waals surface area contributed by atoms with E-state index in [0.29, 0.717) is 12.2 Å². The zero-order valence-corrected chi connectivity index (χ0v) is 4.37. The second-order valence-electron chi connectivity index (χ2n) is 1.15. The Bertz CT molecular complexity index is 151. The Morgan fingerprint density at radius 1 is 1.33 bits per heavy atom. The van der Waals surface area contributed by atoms with Gasteiger partial charge in [0.05, 0.1) is 0 Å². The number of hydroxylamine groups is 1. The molecular formula is C4H5NO4. The van der Waals surface area contributed by atoms with Crippen molar-refractivity contribution < 1.29 is 19.9 Å². The summed E-state index contributed by atoms with van der Waals surface area (Å²) in [4.78, 5) is 19.7. The minimum absolute atomic E-state index is 0.617. The number of hydrogen-bond donors (Lipinski definition) is 3. The lowest BCUT2D eigenvalue weighted by atomic mass is 10.5. The van der Waals surface area contributed by atoms with Crippen LogP contribution >= 0.6 is 0 Å². The Labute approximate surface area is 50.6 Å². The number of hydrogen-bond acceptors (Lipinski definition) is 3. The van der Waals surface area contributed by atoms with Crippen LogP contribution in [0.5, 0.6) is 0 Å². The van der Waals surface area contributed by atoms with Crippen LogP contribution in [0.4, 0.5) is 0 Å². The van der Waals surface area contributed by atoms with Crippen molar-refractivity contribution in [2.75, 3.05) is 0 Å². The van der Waals surface area contributed by atoms with Crippen LogP contribution in [0.1, 0.15) is 0 Å². The number of aliphatic carboxylic acids is 1. The van der Waals surface area contributed by atoms with Gasteiger partial charge in [-0.15, -0.1) is 0 Å². The highest BCUT2D eigenvalue weighted by Crippen LogP contribution is 1.70. The summed E-state index contributed by atoms with van der Waals surface area (Å²) in [6.45, 7) is 0. The molecule has 50 valence electrons. The smallest absolute Gasteiger partial charge is 0.328 e. The maximum atomic E-state index is 10.0. The topological polar surface area (TPSA) is 86.6 Å². The van der Waals surface area contributed by atoms with Gasteiger partial charge in [0.1, 0.15) is 0 Å². The minimum atomic E-state index is -1.24. The number of carbonyl (C=O) groups excluding carboxylic acids is 1. The first-order valence-electron chi connectivity index (χ1n) is 2.02. The fourth-order valence-corrected chi connectivity index (χ4v) is 0.184. The molecule has 0 saturated carbocycles. The van der Waals surface area contributed by atoms with E-state index >= 15 is 0 Å². The van der Waals surface area contributed by atoms with E-state index in [0.717, 1.165) is 0 Å². The highest BCUT2D eigenvalue weighted by Gasteiger charge is 1.90. The third-order valence-electron chi connectivity index (χ3n) is 0.487. The van der Waals surface area contributed by atoms with Crippen molar-refractivity contribution in [3.05, 3.63) is 12.2 Å². The molecule has 0 fully saturated rings. The molecule has 0 aliphatic rings. The first kappa shape index (κ1) is 7.64. The van der Waals surface area contributed by atoms with Gasteiger partial charge in [-0.1, -0.05) is 0 Å². The fraction of sp³-hybridized carbons (Fsp3) is 0. The highest BCUT2D eigenvalue weighted by atomic mass is 16.5. The number of amides is 1. The van der Waals surface area contributed by atoms with Crippen LogP contribution in [0, 0.1) is 0 Å². The largest absolute Gasteiger partial charge is 0.478 e. The van der Waals surface area contributed by atoms with Gasteiger partial charge in [-0.25, -0.2) is 10.3 Å². The summed E-state index contributed by atoms with van der Waals surface area (Å²) in [6, 6.07) is 0. The van der Waals surface area contributed by atoms with Crippen LogP contribution in [0.2, 0.25) is 0 Å². The van der Waals surface area contributed by atoms with Gasteiger partial charge in [0.25, 0.3) is 5.91 Å². The molecule has 0 radical (unpaired) electrons. The summed E-state index contributed by atoms with van der Waals surface area (Å²) >= 11 is 0. The molecule has 0 rings (SSSR count). The Balaban J connectivity index is 3.71. The van der Waals surface area contributed by atoms with Crippen LogP contribution in [-0.2, 0) is 9.59 Å². The second kappa shape index (κ2) is 3.62. The van der Waals surface area contributed by atoms with Crippen molar-refractivity contribution in [1.82, 2.24) is 5.48 Å². The van der Waals surface area contributed by atoms with E-state index < -0.39 is 11.9 Å². The van der Waals surface area contributed by atoms with Crippen LogP contribution in [-0.4, -0.2) is 22.2 Å². The first-order chi connectivity index (χ1) is 4.16. The minimum Gasteiger partial charge on any atom is -0.478 e. The third kappa shape index (κ3) is 4.49. The van der Waals surface area contributed by atoms with Gasteiger partial charge < -0.3 is 5.11 Å². The summed E-state index contributed by atoms with van der Waals surface area (Å²) in [5, 5.41) is 15.7. The molecule has 0 bridgehead atoms.